The van der Waals surface area contributed by atoms with Gasteiger partial charge in [0.15, 0.2) is 0 Å². The van der Waals surface area contributed by atoms with Crippen LogP contribution in [0.5, 0.6) is 5.75 Å². The Labute approximate surface area is 151 Å². The van der Waals surface area contributed by atoms with Crippen LogP contribution in [0.1, 0.15) is 6.42 Å². The molecule has 1 aliphatic rings. The van der Waals surface area contributed by atoms with Gasteiger partial charge < -0.3 is 10.1 Å². The average molecular weight is 385 g/mol. The number of alkyl halides is 3. The van der Waals surface area contributed by atoms with Gasteiger partial charge in [-0.3, -0.25) is 9.59 Å². The summed E-state index contributed by atoms with van der Waals surface area (Å²) in [5.41, 5.74) is 0.797. The maximum absolute atomic E-state index is 12.5. The van der Waals surface area contributed by atoms with Crippen molar-refractivity contribution in [1.82, 2.24) is 0 Å². The third-order valence-electron chi connectivity index (χ3n) is 3.66. The van der Waals surface area contributed by atoms with Crippen LogP contribution >= 0.6 is 11.6 Å². The number of halogens is 4. The first-order valence-corrected chi connectivity index (χ1v) is 7.85. The molecule has 5 nitrogen and oxygen atoms in total. The molecule has 0 saturated carbocycles. The van der Waals surface area contributed by atoms with Crippen molar-refractivity contribution in [1.29, 1.82) is 0 Å². The van der Waals surface area contributed by atoms with Gasteiger partial charge in [0.05, 0.1) is 12.1 Å². The number of benzene rings is 2. The summed E-state index contributed by atoms with van der Waals surface area (Å²) in [7, 11) is 0. The average Bonchev–Trinajstić information content (AvgIpc) is 2.83. The Morgan fingerprint density at radius 3 is 2.23 bits per heavy atom. The van der Waals surface area contributed by atoms with E-state index in [0.717, 1.165) is 17.0 Å². The van der Waals surface area contributed by atoms with E-state index in [0.29, 0.717) is 16.4 Å². The molecule has 1 aliphatic heterocycles. The standard InChI is InChI=1S/C17H12ClF3N2O3/c18-10-1-5-12(6-2-10)23-15(24)9-14(16(23)25)22-11-3-7-13(8-4-11)26-17(19,20)21/h1-8,14,22H,9H2. The third kappa shape index (κ3) is 4.08. The summed E-state index contributed by atoms with van der Waals surface area (Å²) in [6, 6.07) is 10.4. The summed E-state index contributed by atoms with van der Waals surface area (Å²) in [5, 5.41) is 3.32. The van der Waals surface area contributed by atoms with Crippen molar-refractivity contribution >= 4 is 34.8 Å². The Kier molecular flexibility index (Phi) is 4.78. The van der Waals surface area contributed by atoms with E-state index in [2.05, 4.69) is 10.1 Å². The molecule has 1 fully saturated rings. The molecule has 0 aliphatic carbocycles. The molecule has 9 heteroatoms. The number of carbonyl (C=O) groups is 2. The zero-order chi connectivity index (χ0) is 18.9. The lowest BCUT2D eigenvalue weighted by Gasteiger charge is -2.16. The number of anilines is 2. The molecule has 0 bridgehead atoms. The number of carbonyl (C=O) groups excluding carboxylic acids is 2. The molecule has 1 N–H and O–H groups in total. The maximum Gasteiger partial charge on any atom is 0.573 e. The van der Waals surface area contributed by atoms with Crippen LogP contribution < -0.4 is 15.0 Å². The van der Waals surface area contributed by atoms with Gasteiger partial charge in [0, 0.05) is 10.7 Å². The fourth-order valence-corrected chi connectivity index (χ4v) is 2.69. The van der Waals surface area contributed by atoms with Crippen molar-refractivity contribution in [3.63, 3.8) is 0 Å². The molecular weight excluding hydrogens is 373 g/mol. The van der Waals surface area contributed by atoms with Gasteiger partial charge in [0.2, 0.25) is 5.91 Å². The molecular formula is C17H12ClF3N2O3. The molecule has 3 rings (SSSR count). The van der Waals surface area contributed by atoms with Gasteiger partial charge in [-0.25, -0.2) is 4.90 Å². The van der Waals surface area contributed by atoms with Gasteiger partial charge in [0.1, 0.15) is 11.8 Å². The first-order valence-electron chi connectivity index (χ1n) is 7.48. The van der Waals surface area contributed by atoms with Crippen LogP contribution in [0, 0.1) is 0 Å². The molecule has 2 aromatic rings. The van der Waals surface area contributed by atoms with Crippen molar-refractivity contribution in [2.45, 2.75) is 18.8 Å². The van der Waals surface area contributed by atoms with Gasteiger partial charge in [-0.2, -0.15) is 0 Å². The molecule has 0 radical (unpaired) electrons. The zero-order valence-corrected chi connectivity index (χ0v) is 13.8. The lowest BCUT2D eigenvalue weighted by Crippen LogP contribution is -2.34. The smallest absolute Gasteiger partial charge is 0.406 e. The minimum absolute atomic E-state index is 0.0672. The quantitative estimate of drug-likeness (QED) is 0.810. The van der Waals surface area contributed by atoms with Gasteiger partial charge in [-0.15, -0.1) is 13.2 Å². The molecule has 2 aromatic carbocycles. The topological polar surface area (TPSA) is 58.6 Å². The predicted octanol–water partition coefficient (Wildman–Crippen LogP) is 3.98. The number of hydrogen-bond acceptors (Lipinski definition) is 4. The summed E-state index contributed by atoms with van der Waals surface area (Å²) in [5.74, 6) is -1.21. The van der Waals surface area contributed by atoms with Crippen LogP contribution in [0.4, 0.5) is 24.5 Å². The summed E-state index contributed by atoms with van der Waals surface area (Å²) >= 11 is 5.80. The second-order valence-corrected chi connectivity index (χ2v) is 5.95. The van der Waals surface area contributed by atoms with Crippen LogP contribution in [0.25, 0.3) is 0 Å². The van der Waals surface area contributed by atoms with E-state index in [1.54, 1.807) is 24.3 Å². The highest BCUT2D eigenvalue weighted by Crippen LogP contribution is 2.28. The fraction of sp³-hybridized carbons (Fsp3) is 0.176. The van der Waals surface area contributed by atoms with E-state index < -0.39 is 18.3 Å². The van der Waals surface area contributed by atoms with Crippen LogP contribution in [-0.2, 0) is 9.59 Å². The molecule has 1 heterocycles. The SMILES string of the molecule is O=C1CC(Nc2ccc(OC(F)(F)F)cc2)C(=O)N1c1ccc(Cl)cc1. The van der Waals surface area contributed by atoms with Crippen molar-refractivity contribution in [2.24, 2.45) is 0 Å². The van der Waals surface area contributed by atoms with Crippen LogP contribution in [-0.4, -0.2) is 24.2 Å². The molecule has 0 aromatic heterocycles. The molecule has 26 heavy (non-hydrogen) atoms. The van der Waals surface area contributed by atoms with E-state index in [1.807, 2.05) is 0 Å². The van der Waals surface area contributed by atoms with E-state index in [1.165, 1.54) is 12.1 Å². The highest BCUT2D eigenvalue weighted by molar-refractivity contribution is 6.30. The lowest BCUT2D eigenvalue weighted by atomic mass is 10.2. The van der Waals surface area contributed by atoms with Crippen LogP contribution in [0.2, 0.25) is 5.02 Å². The van der Waals surface area contributed by atoms with E-state index in [9.17, 15) is 22.8 Å². The monoisotopic (exact) mass is 384 g/mol. The van der Waals surface area contributed by atoms with Crippen LogP contribution in [0.3, 0.4) is 0 Å². The lowest BCUT2D eigenvalue weighted by molar-refractivity contribution is -0.274. The number of nitrogens with zero attached hydrogens (tertiary/aromatic N) is 1. The summed E-state index contributed by atoms with van der Waals surface area (Å²) in [6.45, 7) is 0. The van der Waals surface area contributed by atoms with Gasteiger partial charge in [-0.1, -0.05) is 11.6 Å². The second-order valence-electron chi connectivity index (χ2n) is 5.52. The van der Waals surface area contributed by atoms with Gasteiger partial charge in [0.25, 0.3) is 5.91 Å². The molecule has 136 valence electrons. The van der Waals surface area contributed by atoms with Crippen molar-refractivity contribution in [2.75, 3.05) is 10.2 Å². The number of rotatable bonds is 4. The van der Waals surface area contributed by atoms with Gasteiger partial charge in [-0.05, 0) is 48.5 Å². The summed E-state index contributed by atoms with van der Waals surface area (Å²) in [4.78, 5) is 25.7. The summed E-state index contributed by atoms with van der Waals surface area (Å²) < 4.78 is 40.3. The molecule has 1 atom stereocenters. The van der Waals surface area contributed by atoms with Crippen molar-refractivity contribution in [3.8, 4) is 5.75 Å². The van der Waals surface area contributed by atoms with Gasteiger partial charge >= 0.3 is 6.36 Å². The summed E-state index contributed by atoms with van der Waals surface area (Å²) in [6.07, 6.45) is -4.84. The van der Waals surface area contributed by atoms with Crippen LogP contribution in [0.15, 0.2) is 48.5 Å². The fourth-order valence-electron chi connectivity index (χ4n) is 2.56. The predicted molar refractivity (Wildman–Crippen MR) is 89.1 cm³/mol. The van der Waals surface area contributed by atoms with E-state index >= 15 is 0 Å². The number of hydrogen-bond donors (Lipinski definition) is 1. The third-order valence-corrected chi connectivity index (χ3v) is 3.91. The number of amides is 2. The highest BCUT2D eigenvalue weighted by atomic mass is 35.5. The first-order chi connectivity index (χ1) is 12.2. The van der Waals surface area contributed by atoms with Crippen molar-refractivity contribution < 1.29 is 27.5 Å². The van der Waals surface area contributed by atoms with Crippen molar-refractivity contribution in [3.05, 3.63) is 53.6 Å². The van der Waals surface area contributed by atoms with E-state index in [-0.39, 0.29) is 18.1 Å². The zero-order valence-electron chi connectivity index (χ0n) is 13.1. The first kappa shape index (κ1) is 18.1. The Morgan fingerprint density at radius 1 is 1.04 bits per heavy atom. The Bertz CT molecular complexity index is 823. The molecule has 1 unspecified atom stereocenters. The Morgan fingerprint density at radius 2 is 1.65 bits per heavy atom. The molecule has 1 saturated heterocycles. The normalized spacial score (nSPS) is 17.5. The number of imide groups is 1. The minimum atomic E-state index is -4.78. The maximum atomic E-state index is 12.5. The number of nitrogens with one attached hydrogen (secondary N) is 1. The Balaban J connectivity index is 1.70. The number of ether oxygens (including phenoxy) is 1. The second kappa shape index (κ2) is 6.87. The highest BCUT2D eigenvalue weighted by Gasteiger charge is 2.39. The molecule has 2 amide bonds. The minimum Gasteiger partial charge on any atom is -0.406 e. The Hall–Kier alpha value is -2.74. The largest absolute Gasteiger partial charge is 0.573 e. The van der Waals surface area contributed by atoms with E-state index in [4.69, 9.17) is 11.6 Å². The molecule has 0 spiro atoms.